The number of nitrogens with zero attached hydrogens (tertiary/aromatic N) is 1. The van der Waals surface area contributed by atoms with Gasteiger partial charge < -0.3 is 4.90 Å². The lowest BCUT2D eigenvalue weighted by atomic mass is 9.98. The van der Waals surface area contributed by atoms with Gasteiger partial charge >= 0.3 is 18.5 Å². The molecule has 184 valence electrons. The van der Waals surface area contributed by atoms with Crippen LogP contribution in [0.3, 0.4) is 0 Å². The Bertz CT molecular complexity index is 1100. The largest absolute Gasteiger partial charge is 0.416 e. The highest BCUT2D eigenvalue weighted by molar-refractivity contribution is 8.14. The average Bonchev–Trinajstić information content (AvgIpc) is 3.27. The maximum atomic E-state index is 13.3. The number of benzene rings is 2. The van der Waals surface area contributed by atoms with Crippen LogP contribution in [0, 0.1) is 0 Å². The first-order valence-electron chi connectivity index (χ1n) is 9.72. The fourth-order valence-corrected chi connectivity index (χ4v) is 5.90. The Hall–Kier alpha value is -2.08. The van der Waals surface area contributed by atoms with E-state index in [2.05, 4.69) is 0 Å². The summed E-state index contributed by atoms with van der Waals surface area (Å²) >= 11 is 6.65. The van der Waals surface area contributed by atoms with Crippen molar-refractivity contribution in [3.05, 3.63) is 69.2 Å². The van der Waals surface area contributed by atoms with E-state index in [-0.39, 0.29) is 35.1 Å². The van der Waals surface area contributed by atoms with Crippen LogP contribution >= 0.6 is 23.4 Å². The van der Waals surface area contributed by atoms with Crippen LogP contribution in [0.4, 0.5) is 44.3 Å². The number of hydrogen-bond donors (Lipinski definition) is 0. The smallest absolute Gasteiger partial charge is 0.322 e. The van der Waals surface area contributed by atoms with Crippen molar-refractivity contribution >= 4 is 28.6 Å². The first-order chi connectivity index (χ1) is 15.6. The van der Waals surface area contributed by atoms with Crippen molar-refractivity contribution in [2.75, 3.05) is 0 Å². The maximum Gasteiger partial charge on any atom is 0.416 e. The van der Waals surface area contributed by atoms with Crippen molar-refractivity contribution < 1.29 is 44.3 Å². The minimum absolute atomic E-state index is 0.00255. The van der Waals surface area contributed by atoms with Crippen LogP contribution in [0.15, 0.2) is 36.4 Å². The summed E-state index contributed by atoms with van der Waals surface area (Å²) in [6, 6.07) is 2.09. The third-order valence-electron chi connectivity index (χ3n) is 5.84. The Morgan fingerprint density at radius 3 is 1.88 bits per heavy atom. The number of thioether (sulfide) groups is 1. The topological polar surface area (TPSA) is 20.3 Å². The molecule has 2 nitrogen and oxygen atoms in total. The zero-order chi connectivity index (χ0) is 25.2. The molecule has 2 heterocycles. The molecule has 2 saturated heterocycles. The number of carbonyl (C=O) groups is 1. The van der Waals surface area contributed by atoms with E-state index in [0.29, 0.717) is 23.9 Å². The summed E-state index contributed by atoms with van der Waals surface area (Å²) in [6.45, 7) is 0. The number of hydrogen-bond acceptors (Lipinski definition) is 2. The van der Waals surface area contributed by atoms with E-state index < -0.39 is 57.8 Å². The molecular formula is C21H13ClF9NOS. The summed E-state index contributed by atoms with van der Waals surface area (Å²) in [7, 11) is 0. The van der Waals surface area contributed by atoms with Crippen LogP contribution in [-0.2, 0) is 18.5 Å². The fraction of sp³-hybridized carbons (Fsp3) is 0.381. The Morgan fingerprint density at radius 2 is 1.35 bits per heavy atom. The normalized spacial score (nSPS) is 23.5. The predicted octanol–water partition coefficient (Wildman–Crippen LogP) is 8.51. The van der Waals surface area contributed by atoms with Crippen LogP contribution in [0.2, 0.25) is 5.02 Å². The molecule has 3 atom stereocenters. The van der Waals surface area contributed by atoms with E-state index in [1.54, 1.807) is 0 Å². The summed E-state index contributed by atoms with van der Waals surface area (Å²) in [6.07, 6.45) is -14.5. The first kappa shape index (κ1) is 25.0. The van der Waals surface area contributed by atoms with E-state index >= 15 is 0 Å². The molecule has 0 spiro atoms. The maximum absolute atomic E-state index is 13.3. The summed E-state index contributed by atoms with van der Waals surface area (Å²) in [4.78, 5) is 14.0. The molecule has 13 heteroatoms. The van der Waals surface area contributed by atoms with Gasteiger partial charge in [-0.25, -0.2) is 0 Å². The molecule has 0 N–H and O–H groups in total. The highest BCUT2D eigenvalue weighted by atomic mass is 35.5. The third kappa shape index (κ3) is 4.58. The number of amides is 1. The minimum Gasteiger partial charge on any atom is -0.322 e. The molecule has 2 aromatic carbocycles. The lowest BCUT2D eigenvalue weighted by molar-refractivity contribution is -0.143. The molecule has 0 unspecified atom stereocenters. The predicted molar refractivity (Wildman–Crippen MR) is 106 cm³/mol. The van der Waals surface area contributed by atoms with E-state index in [0.717, 1.165) is 18.2 Å². The molecule has 0 bridgehead atoms. The summed E-state index contributed by atoms with van der Waals surface area (Å²) in [5.74, 6) is 0. The molecular weight excluding hydrogens is 521 g/mol. The number of carbonyl (C=O) groups excluding carboxylic acids is 1. The lowest BCUT2D eigenvalue weighted by Crippen LogP contribution is -2.30. The van der Waals surface area contributed by atoms with Gasteiger partial charge in [-0.05, 0) is 60.4 Å². The van der Waals surface area contributed by atoms with Crippen molar-refractivity contribution in [1.29, 1.82) is 0 Å². The Balaban J connectivity index is 1.73. The number of fused-ring (bicyclic) bond motifs is 1. The van der Waals surface area contributed by atoms with E-state index in [9.17, 15) is 44.3 Å². The first-order valence-corrected chi connectivity index (χ1v) is 11.0. The molecule has 0 saturated carbocycles. The van der Waals surface area contributed by atoms with Crippen molar-refractivity contribution in [3.63, 3.8) is 0 Å². The molecule has 4 rings (SSSR count). The van der Waals surface area contributed by atoms with Crippen LogP contribution in [0.1, 0.15) is 52.0 Å². The summed E-state index contributed by atoms with van der Waals surface area (Å²) in [5.41, 5.74) is -4.30. The van der Waals surface area contributed by atoms with Crippen molar-refractivity contribution in [3.8, 4) is 0 Å². The molecule has 0 aromatic heterocycles. The van der Waals surface area contributed by atoms with Gasteiger partial charge in [0.15, 0.2) is 0 Å². The fourth-order valence-electron chi connectivity index (χ4n) is 4.36. The van der Waals surface area contributed by atoms with Gasteiger partial charge in [0, 0.05) is 11.1 Å². The molecule has 2 aliphatic heterocycles. The zero-order valence-corrected chi connectivity index (χ0v) is 18.2. The molecule has 0 radical (unpaired) electrons. The molecule has 2 aromatic rings. The van der Waals surface area contributed by atoms with Crippen molar-refractivity contribution in [1.82, 2.24) is 4.90 Å². The van der Waals surface area contributed by atoms with Gasteiger partial charge in [0.05, 0.1) is 28.0 Å². The van der Waals surface area contributed by atoms with Crippen LogP contribution in [0.5, 0.6) is 0 Å². The summed E-state index contributed by atoms with van der Waals surface area (Å²) in [5, 5.41) is -1.75. The van der Waals surface area contributed by atoms with Crippen LogP contribution in [0.25, 0.3) is 0 Å². The SMILES string of the molecule is O=C1S[C@H](c2cc(C(F)(F)F)cc(C(F)(F)F)c2)[C@@H]2CC[C@@H](c3cc(C(F)(F)F)ccc3Cl)N12. The molecule has 2 fully saturated rings. The lowest BCUT2D eigenvalue weighted by Gasteiger charge is -2.26. The van der Waals surface area contributed by atoms with Gasteiger partial charge in [-0.3, -0.25) is 4.79 Å². The van der Waals surface area contributed by atoms with Gasteiger partial charge in [0.1, 0.15) is 0 Å². The standard InChI is InChI=1S/C21H13ClF9NOS/c22-14-2-1-10(19(23,24)25)8-13(14)15-3-4-16-17(34-18(33)32(15)16)9-5-11(20(26,27)28)7-12(6-9)21(29,30)31/h1-2,5-8,15-17H,3-4H2/t15-,16-,17+/m0/s1. The Labute approximate surface area is 196 Å². The van der Waals surface area contributed by atoms with Crippen LogP contribution in [-0.4, -0.2) is 16.2 Å². The van der Waals surface area contributed by atoms with Gasteiger partial charge in [0.2, 0.25) is 0 Å². The van der Waals surface area contributed by atoms with E-state index in [1.165, 1.54) is 4.90 Å². The Kier molecular flexibility index (Phi) is 6.07. The number of alkyl halides is 9. The van der Waals surface area contributed by atoms with Gasteiger partial charge in [0.25, 0.3) is 5.24 Å². The highest BCUT2D eigenvalue weighted by Gasteiger charge is 2.50. The quantitative estimate of drug-likeness (QED) is 0.361. The second-order valence-electron chi connectivity index (χ2n) is 7.95. The molecule has 1 amide bonds. The second kappa shape index (κ2) is 8.25. The average molecular weight is 534 g/mol. The van der Waals surface area contributed by atoms with E-state index in [4.69, 9.17) is 11.6 Å². The van der Waals surface area contributed by atoms with E-state index in [1.807, 2.05) is 0 Å². The molecule has 2 aliphatic rings. The van der Waals surface area contributed by atoms with Gasteiger partial charge in [-0.15, -0.1) is 0 Å². The van der Waals surface area contributed by atoms with Crippen LogP contribution < -0.4 is 0 Å². The molecule has 34 heavy (non-hydrogen) atoms. The highest BCUT2D eigenvalue weighted by Crippen LogP contribution is 2.55. The second-order valence-corrected chi connectivity index (χ2v) is 9.45. The molecule has 0 aliphatic carbocycles. The Morgan fingerprint density at radius 1 is 0.794 bits per heavy atom. The number of halogens is 10. The van der Waals surface area contributed by atoms with Crippen molar-refractivity contribution in [2.45, 2.75) is 48.7 Å². The minimum atomic E-state index is -5.05. The zero-order valence-electron chi connectivity index (χ0n) is 16.7. The van der Waals surface area contributed by atoms with Gasteiger partial charge in [-0.2, -0.15) is 39.5 Å². The monoisotopic (exact) mass is 533 g/mol. The number of rotatable bonds is 2. The van der Waals surface area contributed by atoms with Crippen molar-refractivity contribution in [2.24, 2.45) is 0 Å². The third-order valence-corrected chi connectivity index (χ3v) is 7.43. The summed E-state index contributed by atoms with van der Waals surface area (Å²) < 4.78 is 119. The van der Waals surface area contributed by atoms with Gasteiger partial charge in [-0.1, -0.05) is 23.4 Å².